The van der Waals surface area contributed by atoms with Crippen LogP contribution in [-0.2, 0) is 9.59 Å². The molecule has 0 spiro atoms. The van der Waals surface area contributed by atoms with Crippen LogP contribution in [0.15, 0.2) is 17.2 Å². The number of carbonyl (C=O) groups excluding carboxylic acids is 2. The predicted octanol–water partition coefficient (Wildman–Crippen LogP) is 2.42. The van der Waals surface area contributed by atoms with Gasteiger partial charge in [0, 0.05) is 49.3 Å². The first-order valence-corrected chi connectivity index (χ1v) is 7.49. The van der Waals surface area contributed by atoms with Gasteiger partial charge in [-0.1, -0.05) is 13.8 Å². The fourth-order valence-electron chi connectivity index (χ4n) is 1.45. The lowest BCUT2D eigenvalue weighted by molar-refractivity contribution is -0.119. The number of carbonyl (C=O) groups is 2. The van der Waals surface area contributed by atoms with Crippen LogP contribution in [0.4, 0.5) is 11.5 Å². The number of nitrogens with zero attached hydrogens (tertiary/aromatic N) is 2. The van der Waals surface area contributed by atoms with Crippen LogP contribution in [-0.4, -0.2) is 37.0 Å². The number of pyridine rings is 1. The lowest BCUT2D eigenvalue weighted by Crippen LogP contribution is -2.19. The molecule has 1 aromatic rings. The summed E-state index contributed by atoms with van der Waals surface area (Å²) in [5.74, 6) is 1.14. The first-order chi connectivity index (χ1) is 9.45. The van der Waals surface area contributed by atoms with Crippen molar-refractivity contribution in [3.8, 4) is 0 Å². The van der Waals surface area contributed by atoms with Crippen molar-refractivity contribution in [3.05, 3.63) is 12.3 Å². The van der Waals surface area contributed by atoms with Gasteiger partial charge in [-0.25, -0.2) is 4.98 Å². The molecule has 1 amide bonds. The van der Waals surface area contributed by atoms with E-state index in [9.17, 15) is 9.59 Å². The van der Waals surface area contributed by atoms with Crippen LogP contribution in [0.5, 0.6) is 0 Å². The van der Waals surface area contributed by atoms with Gasteiger partial charge >= 0.3 is 0 Å². The molecule has 0 atom stereocenters. The van der Waals surface area contributed by atoms with Crippen LogP contribution in [0, 0.1) is 5.92 Å². The number of amides is 1. The Morgan fingerprint density at radius 3 is 2.75 bits per heavy atom. The number of anilines is 2. The fraction of sp³-hybridized carbons (Fsp3) is 0.500. The van der Waals surface area contributed by atoms with Gasteiger partial charge in [0.25, 0.3) is 0 Å². The van der Waals surface area contributed by atoms with E-state index < -0.39 is 0 Å². The topological polar surface area (TPSA) is 62.3 Å². The molecule has 5 nitrogen and oxygen atoms in total. The molecule has 0 saturated heterocycles. The number of aromatic nitrogens is 1. The zero-order valence-corrected chi connectivity index (χ0v) is 13.2. The van der Waals surface area contributed by atoms with E-state index in [4.69, 9.17) is 0 Å². The molecule has 1 N–H and O–H groups in total. The monoisotopic (exact) mass is 295 g/mol. The molecule has 0 fully saturated rings. The second-order valence-corrected chi connectivity index (χ2v) is 6.02. The second kappa shape index (κ2) is 7.89. The molecule has 0 aliphatic carbocycles. The molecule has 0 unspecified atom stereocenters. The summed E-state index contributed by atoms with van der Waals surface area (Å²) < 4.78 is 0. The quantitative estimate of drug-likeness (QED) is 0.475. The Bertz CT molecular complexity index is 475. The van der Waals surface area contributed by atoms with Gasteiger partial charge in [0.05, 0.1) is 5.69 Å². The van der Waals surface area contributed by atoms with Gasteiger partial charge in [-0.05, 0) is 0 Å². The van der Waals surface area contributed by atoms with Crippen molar-refractivity contribution in [1.82, 2.24) is 4.98 Å². The van der Waals surface area contributed by atoms with Crippen molar-refractivity contribution in [2.75, 3.05) is 30.1 Å². The highest BCUT2D eigenvalue weighted by Gasteiger charge is 2.11. The molecule has 0 bridgehead atoms. The van der Waals surface area contributed by atoms with Gasteiger partial charge in [-0.3, -0.25) is 4.79 Å². The van der Waals surface area contributed by atoms with E-state index in [1.165, 1.54) is 0 Å². The van der Waals surface area contributed by atoms with Crippen molar-refractivity contribution < 1.29 is 9.59 Å². The number of nitrogens with one attached hydrogen (secondary N) is 1. The first-order valence-electron chi connectivity index (χ1n) is 6.50. The van der Waals surface area contributed by atoms with Gasteiger partial charge in [-0.15, -0.1) is 11.8 Å². The molecule has 6 heteroatoms. The SMILES string of the molecule is CC(C)C(=O)Nc1cc(N(C)C)c(SCCC=O)cn1. The molecular weight excluding hydrogens is 274 g/mol. The molecular formula is C14H21N3O2S. The summed E-state index contributed by atoms with van der Waals surface area (Å²) in [7, 11) is 3.88. The van der Waals surface area contributed by atoms with E-state index in [-0.39, 0.29) is 11.8 Å². The Balaban J connectivity index is 2.89. The number of aldehydes is 1. The average Bonchev–Trinajstić information content (AvgIpc) is 2.40. The Hall–Kier alpha value is -1.56. The molecule has 20 heavy (non-hydrogen) atoms. The summed E-state index contributed by atoms with van der Waals surface area (Å²) >= 11 is 1.59. The fourth-order valence-corrected chi connectivity index (χ4v) is 2.40. The van der Waals surface area contributed by atoms with Gasteiger partial charge in [-0.2, -0.15) is 0 Å². The first kappa shape index (κ1) is 16.5. The van der Waals surface area contributed by atoms with Crippen LogP contribution < -0.4 is 10.2 Å². The van der Waals surface area contributed by atoms with Gasteiger partial charge < -0.3 is 15.0 Å². The van der Waals surface area contributed by atoms with Crippen LogP contribution in [0.1, 0.15) is 20.3 Å². The van der Waals surface area contributed by atoms with E-state index in [1.54, 1.807) is 18.0 Å². The van der Waals surface area contributed by atoms with Crippen LogP contribution in [0.2, 0.25) is 0 Å². The zero-order chi connectivity index (χ0) is 15.1. The summed E-state index contributed by atoms with van der Waals surface area (Å²) in [4.78, 5) is 29.3. The molecule has 1 heterocycles. The third kappa shape index (κ3) is 4.85. The maximum Gasteiger partial charge on any atom is 0.228 e. The molecule has 1 rings (SSSR count). The highest BCUT2D eigenvalue weighted by molar-refractivity contribution is 7.99. The summed E-state index contributed by atoms with van der Waals surface area (Å²) in [6.07, 6.45) is 3.16. The van der Waals surface area contributed by atoms with Crippen LogP contribution in [0.25, 0.3) is 0 Å². The van der Waals surface area contributed by atoms with Crippen molar-refractivity contribution in [2.24, 2.45) is 5.92 Å². The number of thioether (sulfide) groups is 1. The van der Waals surface area contributed by atoms with E-state index in [0.717, 1.165) is 22.6 Å². The number of hydrogen-bond acceptors (Lipinski definition) is 5. The van der Waals surface area contributed by atoms with E-state index in [2.05, 4.69) is 10.3 Å². The molecule has 110 valence electrons. The van der Waals surface area contributed by atoms with Crippen LogP contribution >= 0.6 is 11.8 Å². The molecule has 0 saturated carbocycles. The molecule has 0 aromatic carbocycles. The normalized spacial score (nSPS) is 10.4. The summed E-state index contributed by atoms with van der Waals surface area (Å²) in [5, 5.41) is 2.79. The molecule has 0 aliphatic heterocycles. The van der Waals surface area contributed by atoms with Crippen molar-refractivity contribution >= 4 is 35.5 Å². The Labute approximate surface area is 124 Å². The second-order valence-electron chi connectivity index (χ2n) is 4.88. The number of rotatable bonds is 7. The molecule has 1 aromatic heterocycles. The Morgan fingerprint density at radius 2 is 2.20 bits per heavy atom. The van der Waals surface area contributed by atoms with Crippen LogP contribution in [0.3, 0.4) is 0 Å². The lowest BCUT2D eigenvalue weighted by Gasteiger charge is -2.18. The molecule has 0 aliphatic rings. The van der Waals surface area contributed by atoms with Crippen molar-refractivity contribution in [2.45, 2.75) is 25.2 Å². The minimum absolute atomic E-state index is 0.0523. The predicted molar refractivity (Wildman–Crippen MR) is 83.4 cm³/mol. The Morgan fingerprint density at radius 1 is 1.50 bits per heavy atom. The van der Waals surface area contributed by atoms with Crippen molar-refractivity contribution in [1.29, 1.82) is 0 Å². The largest absolute Gasteiger partial charge is 0.377 e. The maximum atomic E-state index is 11.7. The smallest absolute Gasteiger partial charge is 0.228 e. The lowest BCUT2D eigenvalue weighted by atomic mass is 10.2. The third-order valence-electron chi connectivity index (χ3n) is 2.60. The van der Waals surface area contributed by atoms with Gasteiger partial charge in [0.2, 0.25) is 5.91 Å². The highest BCUT2D eigenvalue weighted by Crippen LogP contribution is 2.30. The van der Waals surface area contributed by atoms with Crippen molar-refractivity contribution in [3.63, 3.8) is 0 Å². The summed E-state index contributed by atoms with van der Waals surface area (Å²) in [6.45, 7) is 3.68. The number of hydrogen-bond donors (Lipinski definition) is 1. The minimum Gasteiger partial charge on any atom is -0.377 e. The zero-order valence-electron chi connectivity index (χ0n) is 12.3. The summed E-state index contributed by atoms with van der Waals surface area (Å²) in [5.41, 5.74) is 0.981. The standard InChI is InChI=1S/C14H21N3O2S/c1-10(2)14(19)16-13-8-11(17(3)4)12(9-15-13)20-7-5-6-18/h6,8-10H,5,7H2,1-4H3,(H,15,16,19). The Kier molecular flexibility index (Phi) is 6.51. The third-order valence-corrected chi connectivity index (χ3v) is 3.66. The summed E-state index contributed by atoms with van der Waals surface area (Å²) in [6, 6.07) is 1.85. The van der Waals surface area contributed by atoms with E-state index in [0.29, 0.717) is 12.2 Å². The molecule has 0 radical (unpaired) electrons. The minimum atomic E-state index is -0.0822. The van der Waals surface area contributed by atoms with E-state index >= 15 is 0 Å². The van der Waals surface area contributed by atoms with Gasteiger partial charge in [0.15, 0.2) is 0 Å². The average molecular weight is 295 g/mol. The maximum absolute atomic E-state index is 11.7. The van der Waals surface area contributed by atoms with E-state index in [1.807, 2.05) is 38.9 Å². The van der Waals surface area contributed by atoms with Gasteiger partial charge in [0.1, 0.15) is 12.1 Å². The highest BCUT2D eigenvalue weighted by atomic mass is 32.2.